The Morgan fingerprint density at radius 2 is 1.57 bits per heavy atom. The number of benzene rings is 2. The van der Waals surface area contributed by atoms with E-state index in [0.29, 0.717) is 0 Å². The molecular weight excluding hydrogens is 435 g/mol. The molecule has 0 radical (unpaired) electrons. The monoisotopic (exact) mass is 464 g/mol. The van der Waals surface area contributed by atoms with Gasteiger partial charge in [0, 0.05) is 16.6 Å². The molecular formula is C22H30BrN2O2P. The zero-order valence-corrected chi connectivity index (χ0v) is 18.8. The van der Waals surface area contributed by atoms with Gasteiger partial charge in [-0.2, -0.15) is 0 Å². The van der Waals surface area contributed by atoms with E-state index in [-0.39, 0.29) is 12.1 Å². The molecule has 28 heavy (non-hydrogen) atoms. The highest BCUT2D eigenvalue weighted by Gasteiger charge is 2.38. The van der Waals surface area contributed by atoms with Crippen LogP contribution < -0.4 is 9.76 Å². The van der Waals surface area contributed by atoms with Gasteiger partial charge in [0.05, 0.1) is 5.69 Å². The maximum atomic E-state index is 13.7. The number of anilines is 1. The second kappa shape index (κ2) is 8.87. The highest BCUT2D eigenvalue weighted by molar-refractivity contribution is 9.10. The zero-order chi connectivity index (χ0) is 19.6. The van der Waals surface area contributed by atoms with Gasteiger partial charge >= 0.3 is 7.67 Å². The summed E-state index contributed by atoms with van der Waals surface area (Å²) in [5.41, 5.74) is 0.833. The van der Waals surface area contributed by atoms with Crippen LogP contribution in [-0.2, 0) is 4.57 Å². The molecule has 6 heteroatoms. The van der Waals surface area contributed by atoms with Gasteiger partial charge in [0.1, 0.15) is 0 Å². The third-order valence-electron chi connectivity index (χ3n) is 6.26. The largest absolute Gasteiger partial charge is 0.366 e. The minimum absolute atomic E-state index is 0.0955. The minimum Gasteiger partial charge on any atom is -0.317 e. The molecule has 2 N–H and O–H groups in total. The number of nitrogens with zero attached hydrogens (tertiary/aromatic N) is 1. The molecule has 2 aromatic rings. The van der Waals surface area contributed by atoms with Crippen molar-refractivity contribution >= 4 is 40.1 Å². The molecule has 0 heterocycles. The van der Waals surface area contributed by atoms with Gasteiger partial charge in [-0.3, -0.25) is 4.67 Å². The summed E-state index contributed by atoms with van der Waals surface area (Å²) >= 11 is 3.77. The number of fused-ring (bicyclic) bond motifs is 1. The van der Waals surface area contributed by atoms with Crippen molar-refractivity contribution in [3.63, 3.8) is 0 Å². The van der Waals surface area contributed by atoms with Crippen LogP contribution in [0.25, 0.3) is 10.8 Å². The lowest BCUT2D eigenvalue weighted by Gasteiger charge is -2.40. The molecule has 2 fully saturated rings. The molecule has 2 saturated carbocycles. The molecule has 0 amide bonds. The highest BCUT2D eigenvalue weighted by atomic mass is 79.9. The lowest BCUT2D eigenvalue weighted by Crippen LogP contribution is -2.41. The van der Waals surface area contributed by atoms with Crippen LogP contribution in [0.3, 0.4) is 0 Å². The average Bonchev–Trinajstić information content (AvgIpc) is 2.71. The molecule has 4 rings (SSSR count). The summed E-state index contributed by atoms with van der Waals surface area (Å²) in [6.07, 6.45) is 10.9. The Morgan fingerprint density at radius 3 is 2.29 bits per heavy atom. The standard InChI is InChI=1S/C22H30BrN2O2P/c23-22-20-14-8-7-9-17(20)15-16-21(22)25(19-12-5-2-6-13-19)28(26,27)24-18-10-3-1-4-11-18/h7-9,14-16,18-19H,1-6,10-13H2,(H2,24,26,27). The van der Waals surface area contributed by atoms with Crippen LogP contribution in [0, 0.1) is 0 Å². The van der Waals surface area contributed by atoms with E-state index in [1.807, 2.05) is 22.9 Å². The van der Waals surface area contributed by atoms with Gasteiger partial charge in [-0.05, 0) is 58.5 Å². The van der Waals surface area contributed by atoms with E-state index in [1.165, 1.54) is 12.8 Å². The van der Waals surface area contributed by atoms with E-state index in [2.05, 4.69) is 39.2 Å². The Morgan fingerprint density at radius 1 is 0.929 bits per heavy atom. The average molecular weight is 465 g/mol. The first-order valence-electron chi connectivity index (χ1n) is 10.6. The van der Waals surface area contributed by atoms with Crippen molar-refractivity contribution in [1.82, 2.24) is 5.09 Å². The van der Waals surface area contributed by atoms with E-state index in [1.54, 1.807) is 0 Å². The van der Waals surface area contributed by atoms with Gasteiger partial charge in [-0.25, -0.2) is 9.65 Å². The molecule has 0 bridgehead atoms. The Kier molecular flexibility index (Phi) is 6.46. The molecule has 0 saturated heterocycles. The molecule has 2 aromatic carbocycles. The molecule has 152 valence electrons. The van der Waals surface area contributed by atoms with Crippen LogP contribution in [-0.4, -0.2) is 17.0 Å². The van der Waals surface area contributed by atoms with E-state index >= 15 is 0 Å². The maximum Gasteiger partial charge on any atom is 0.366 e. The van der Waals surface area contributed by atoms with Gasteiger partial charge in [0.2, 0.25) is 0 Å². The van der Waals surface area contributed by atoms with Crippen molar-refractivity contribution in [2.45, 2.75) is 76.3 Å². The van der Waals surface area contributed by atoms with Crippen LogP contribution in [0.2, 0.25) is 0 Å². The fourth-order valence-electron chi connectivity index (χ4n) is 4.82. The summed E-state index contributed by atoms with van der Waals surface area (Å²) in [5.74, 6) is 0. The first kappa shape index (κ1) is 20.4. The summed E-state index contributed by atoms with van der Waals surface area (Å²) in [6, 6.07) is 12.5. The van der Waals surface area contributed by atoms with Crippen LogP contribution in [0.15, 0.2) is 40.9 Å². The van der Waals surface area contributed by atoms with E-state index in [9.17, 15) is 9.46 Å². The van der Waals surface area contributed by atoms with Crippen LogP contribution in [0.4, 0.5) is 5.69 Å². The Labute approximate surface area is 176 Å². The number of rotatable bonds is 5. The van der Waals surface area contributed by atoms with Gasteiger partial charge in [0.25, 0.3) is 0 Å². The summed E-state index contributed by atoms with van der Waals surface area (Å²) in [5, 5.41) is 5.40. The van der Waals surface area contributed by atoms with Gasteiger partial charge in [0.15, 0.2) is 0 Å². The van der Waals surface area contributed by atoms with Gasteiger partial charge < -0.3 is 4.89 Å². The fraction of sp³-hybridized carbons (Fsp3) is 0.545. The predicted octanol–water partition coefficient (Wildman–Crippen LogP) is 6.76. The van der Waals surface area contributed by atoms with Crippen molar-refractivity contribution in [3.05, 3.63) is 40.9 Å². The third kappa shape index (κ3) is 4.33. The summed E-state index contributed by atoms with van der Waals surface area (Å²) in [6.45, 7) is 0. The normalized spacial score (nSPS) is 21.5. The van der Waals surface area contributed by atoms with Crippen molar-refractivity contribution in [2.24, 2.45) is 0 Å². The van der Waals surface area contributed by atoms with E-state index in [0.717, 1.165) is 72.3 Å². The predicted molar refractivity (Wildman–Crippen MR) is 121 cm³/mol. The number of nitrogens with one attached hydrogen (secondary N) is 1. The summed E-state index contributed by atoms with van der Waals surface area (Å²) in [4.78, 5) is 11.3. The van der Waals surface area contributed by atoms with Gasteiger partial charge in [-0.15, -0.1) is 0 Å². The molecule has 0 spiro atoms. The van der Waals surface area contributed by atoms with Crippen molar-refractivity contribution in [3.8, 4) is 0 Å². The molecule has 2 aliphatic rings. The SMILES string of the molecule is O=P(O)(NC1CCCCC1)N(c1ccc2ccccc2c1Br)C1CCCCC1. The molecule has 4 nitrogen and oxygen atoms in total. The molecule has 0 aromatic heterocycles. The Hall–Kier alpha value is -0.870. The quantitative estimate of drug-likeness (QED) is 0.479. The second-order valence-electron chi connectivity index (χ2n) is 8.26. The van der Waals surface area contributed by atoms with Crippen LogP contribution >= 0.6 is 23.6 Å². The minimum atomic E-state index is -3.71. The topological polar surface area (TPSA) is 52.6 Å². The number of hydrogen-bond donors (Lipinski definition) is 2. The summed E-state index contributed by atoms with van der Waals surface area (Å²) in [7, 11) is -3.71. The van der Waals surface area contributed by atoms with E-state index in [4.69, 9.17) is 0 Å². The Balaban J connectivity index is 1.73. The Bertz CT molecular complexity index is 863. The molecule has 1 unspecified atom stereocenters. The first-order chi connectivity index (χ1) is 13.6. The van der Waals surface area contributed by atoms with Crippen molar-refractivity contribution in [2.75, 3.05) is 4.67 Å². The van der Waals surface area contributed by atoms with Crippen molar-refractivity contribution < 1.29 is 9.46 Å². The first-order valence-corrected chi connectivity index (χ1v) is 13.0. The summed E-state index contributed by atoms with van der Waals surface area (Å²) < 4.78 is 16.5. The van der Waals surface area contributed by atoms with E-state index < -0.39 is 7.67 Å². The highest BCUT2D eigenvalue weighted by Crippen LogP contribution is 2.52. The zero-order valence-electron chi connectivity index (χ0n) is 16.3. The van der Waals surface area contributed by atoms with Gasteiger partial charge in [-0.1, -0.05) is 68.9 Å². The molecule has 1 atom stereocenters. The molecule has 0 aliphatic heterocycles. The number of halogens is 1. The lowest BCUT2D eigenvalue weighted by atomic mass is 9.95. The smallest absolute Gasteiger partial charge is 0.317 e. The maximum absolute atomic E-state index is 13.7. The van der Waals surface area contributed by atoms with Crippen molar-refractivity contribution in [1.29, 1.82) is 0 Å². The lowest BCUT2D eigenvalue weighted by molar-refractivity contribution is 0.370. The van der Waals surface area contributed by atoms with Crippen LogP contribution in [0.5, 0.6) is 0 Å². The van der Waals surface area contributed by atoms with Crippen LogP contribution in [0.1, 0.15) is 64.2 Å². The molecule has 2 aliphatic carbocycles. The third-order valence-corrected chi connectivity index (χ3v) is 8.92. The second-order valence-corrected chi connectivity index (χ2v) is 10.8. The fourth-order valence-corrected chi connectivity index (χ4v) is 7.63. The number of hydrogen-bond acceptors (Lipinski definition) is 1.